The molecule has 10 heteroatoms. The lowest BCUT2D eigenvalue weighted by Gasteiger charge is -2.40. The first-order valence-corrected chi connectivity index (χ1v) is 11.1. The van der Waals surface area contributed by atoms with Gasteiger partial charge in [-0.1, -0.05) is 12.8 Å². The predicted molar refractivity (Wildman–Crippen MR) is 100 cm³/mol. The zero-order valence-corrected chi connectivity index (χ0v) is 16.9. The maximum absolute atomic E-state index is 12.4. The Morgan fingerprint density at radius 3 is 2.65 bits per heavy atom. The molecule has 148 valence electrons. The molecular formula is C16H24ClNO6S2. The van der Waals surface area contributed by atoms with Crippen molar-refractivity contribution >= 4 is 39.3 Å². The predicted octanol–water partition coefficient (Wildman–Crippen LogP) is 2.79. The van der Waals surface area contributed by atoms with Crippen molar-refractivity contribution in [2.75, 3.05) is 13.7 Å². The Morgan fingerprint density at radius 1 is 1.38 bits per heavy atom. The molecule has 1 aromatic heterocycles. The number of alkyl halides is 1. The molecule has 0 bridgehead atoms. The Hall–Kier alpha value is -0.710. The summed E-state index contributed by atoms with van der Waals surface area (Å²) in [6.45, 7) is 1.77. The lowest BCUT2D eigenvalue weighted by Crippen LogP contribution is -2.51. The molecule has 2 unspecified atom stereocenters. The molecule has 7 nitrogen and oxygen atoms in total. The van der Waals surface area contributed by atoms with E-state index in [1.165, 1.54) is 30.4 Å². The van der Waals surface area contributed by atoms with Gasteiger partial charge >= 0.3 is 16.4 Å². The number of thiophene rings is 1. The molecule has 2 N–H and O–H groups in total. The third-order valence-electron chi connectivity index (χ3n) is 4.81. The van der Waals surface area contributed by atoms with E-state index in [0.29, 0.717) is 0 Å². The molecule has 0 aromatic carbocycles. The second-order valence-electron chi connectivity index (χ2n) is 6.47. The summed E-state index contributed by atoms with van der Waals surface area (Å²) in [5.41, 5.74) is 1.36. The van der Waals surface area contributed by atoms with Crippen molar-refractivity contribution in [1.29, 1.82) is 0 Å². The van der Waals surface area contributed by atoms with Gasteiger partial charge < -0.3 is 4.74 Å². The average Bonchev–Trinajstić information content (AvgIpc) is 3.03. The van der Waals surface area contributed by atoms with Gasteiger partial charge in [0.15, 0.2) is 0 Å². The number of esters is 1. The minimum absolute atomic E-state index is 0.0896. The summed E-state index contributed by atoms with van der Waals surface area (Å²) in [5.74, 6) is 0.0966. The Morgan fingerprint density at radius 2 is 2.04 bits per heavy atom. The van der Waals surface area contributed by atoms with Gasteiger partial charge in [0.05, 0.1) is 7.11 Å². The van der Waals surface area contributed by atoms with Crippen LogP contribution in [0.15, 0.2) is 11.4 Å². The first kappa shape index (κ1) is 21.6. The molecule has 0 saturated heterocycles. The van der Waals surface area contributed by atoms with Crippen LogP contribution >= 0.6 is 22.9 Å². The molecule has 1 aromatic rings. The van der Waals surface area contributed by atoms with Crippen LogP contribution in [0.4, 0.5) is 0 Å². The average molecular weight is 426 g/mol. The fraction of sp³-hybridized carbons (Fsp3) is 0.688. The van der Waals surface area contributed by atoms with Gasteiger partial charge in [0, 0.05) is 29.3 Å². The van der Waals surface area contributed by atoms with Crippen LogP contribution in [0.5, 0.6) is 0 Å². The van der Waals surface area contributed by atoms with Crippen LogP contribution in [0.3, 0.4) is 0 Å². The normalized spacial score (nSPS) is 24.8. The van der Waals surface area contributed by atoms with Gasteiger partial charge in [-0.2, -0.15) is 8.42 Å². The van der Waals surface area contributed by atoms with Gasteiger partial charge in [-0.3, -0.25) is 18.8 Å². The van der Waals surface area contributed by atoms with E-state index in [1.54, 1.807) is 0 Å². The van der Waals surface area contributed by atoms with Crippen LogP contribution in [0.1, 0.15) is 36.1 Å². The number of ether oxygens (including phenoxy) is 1. The summed E-state index contributed by atoms with van der Waals surface area (Å²) in [7, 11) is -3.18. The number of hydrogen-bond donors (Lipinski definition) is 2. The van der Waals surface area contributed by atoms with Crippen LogP contribution in [0.25, 0.3) is 0 Å². The summed E-state index contributed by atoms with van der Waals surface area (Å²) in [4.78, 5) is 16.1. The molecule has 0 spiro atoms. The highest BCUT2D eigenvalue weighted by atomic mass is 35.5. The molecule has 1 saturated carbocycles. The molecule has 3 atom stereocenters. The van der Waals surface area contributed by atoms with Crippen molar-refractivity contribution < 1.29 is 27.1 Å². The zero-order valence-electron chi connectivity index (χ0n) is 14.5. The van der Waals surface area contributed by atoms with E-state index in [1.807, 2.05) is 11.3 Å². The van der Waals surface area contributed by atoms with Crippen molar-refractivity contribution in [1.82, 2.24) is 4.90 Å². The van der Waals surface area contributed by atoms with Crippen molar-refractivity contribution in [2.45, 2.75) is 50.1 Å². The molecule has 1 aliphatic carbocycles. The summed E-state index contributed by atoms with van der Waals surface area (Å²) in [6, 6.07) is 1.99. The quantitative estimate of drug-likeness (QED) is 0.436. The molecule has 1 fully saturated rings. The lowest BCUT2D eigenvalue weighted by molar-refractivity contribution is -0.150. The smallest absolute Gasteiger partial charge is 0.394 e. The maximum Gasteiger partial charge on any atom is 0.394 e. The number of rotatable bonds is 3. The summed E-state index contributed by atoms with van der Waals surface area (Å²) in [5, 5.41) is 2.23. The highest BCUT2D eigenvalue weighted by molar-refractivity contribution is 7.79. The molecule has 26 heavy (non-hydrogen) atoms. The van der Waals surface area contributed by atoms with Crippen molar-refractivity contribution in [3.63, 3.8) is 0 Å². The summed E-state index contributed by atoms with van der Waals surface area (Å²) < 4.78 is 36.7. The number of carbonyl (C=O) groups is 1. The first-order valence-electron chi connectivity index (χ1n) is 8.41. The highest BCUT2D eigenvalue weighted by Crippen LogP contribution is 2.36. The number of fused-ring (bicyclic) bond motifs is 1. The molecule has 0 radical (unpaired) electrons. The Kier molecular flexibility index (Phi) is 7.87. The number of nitrogens with zero attached hydrogens (tertiary/aromatic N) is 1. The van der Waals surface area contributed by atoms with Crippen molar-refractivity contribution in [2.24, 2.45) is 5.92 Å². The number of halogens is 1. The Bertz CT molecular complexity index is 699. The number of methoxy groups -OCH3 is 1. The third kappa shape index (κ3) is 6.17. The van der Waals surface area contributed by atoms with Gasteiger partial charge in [0.1, 0.15) is 6.04 Å². The van der Waals surface area contributed by atoms with Crippen LogP contribution in [0, 0.1) is 5.92 Å². The molecule has 0 amide bonds. The minimum atomic E-state index is -4.67. The molecular weight excluding hydrogens is 402 g/mol. The van der Waals surface area contributed by atoms with Gasteiger partial charge in [0.2, 0.25) is 0 Å². The SMILES string of the molecule is COC(=O)[C@H](C1CCCCC1Cl)N1CCc2sccc2C1.O=S(=O)(O)O. The monoisotopic (exact) mass is 425 g/mol. The fourth-order valence-electron chi connectivity index (χ4n) is 3.69. The third-order valence-corrected chi connectivity index (χ3v) is 6.38. The van der Waals surface area contributed by atoms with Crippen LogP contribution < -0.4 is 0 Å². The van der Waals surface area contributed by atoms with E-state index >= 15 is 0 Å². The van der Waals surface area contributed by atoms with Gasteiger partial charge in [-0.25, -0.2) is 0 Å². The standard InChI is InChI=1S/C16H22ClNO2S.H2O4S/c1-20-16(19)15(12-4-2-3-5-13(12)17)18-8-6-14-11(10-18)7-9-21-14;1-5(2,3)4/h7,9,12-13,15H,2-6,8,10H2,1H3;(H2,1,2,3,4)/t12?,13?,15-;/m0./s1. The molecule has 2 aliphatic rings. The van der Waals surface area contributed by atoms with Crippen LogP contribution in [0.2, 0.25) is 0 Å². The van der Waals surface area contributed by atoms with E-state index in [-0.39, 0.29) is 23.3 Å². The van der Waals surface area contributed by atoms with E-state index in [2.05, 4.69) is 16.3 Å². The Balaban J connectivity index is 0.000000431. The lowest BCUT2D eigenvalue weighted by atomic mass is 9.82. The minimum Gasteiger partial charge on any atom is -0.468 e. The summed E-state index contributed by atoms with van der Waals surface area (Å²) >= 11 is 8.36. The van der Waals surface area contributed by atoms with E-state index in [0.717, 1.165) is 32.4 Å². The van der Waals surface area contributed by atoms with Crippen LogP contribution in [-0.2, 0) is 32.9 Å². The Labute approximate surface area is 162 Å². The molecule has 3 rings (SSSR count). The second kappa shape index (κ2) is 9.48. The second-order valence-corrected chi connectivity index (χ2v) is 8.93. The van der Waals surface area contributed by atoms with E-state index < -0.39 is 10.4 Å². The highest BCUT2D eigenvalue weighted by Gasteiger charge is 2.40. The number of hydrogen-bond acceptors (Lipinski definition) is 6. The maximum atomic E-state index is 12.4. The number of carbonyl (C=O) groups excluding carboxylic acids is 1. The largest absolute Gasteiger partial charge is 0.468 e. The van der Waals surface area contributed by atoms with Crippen molar-refractivity contribution in [3.05, 3.63) is 21.9 Å². The van der Waals surface area contributed by atoms with Gasteiger partial charge in [0.25, 0.3) is 0 Å². The van der Waals surface area contributed by atoms with Gasteiger partial charge in [-0.05, 0) is 36.3 Å². The summed E-state index contributed by atoms with van der Waals surface area (Å²) in [6.07, 6.45) is 5.41. The first-order chi connectivity index (χ1) is 12.2. The topological polar surface area (TPSA) is 104 Å². The van der Waals surface area contributed by atoms with Gasteiger partial charge in [-0.15, -0.1) is 22.9 Å². The molecule has 2 heterocycles. The van der Waals surface area contributed by atoms with Crippen molar-refractivity contribution in [3.8, 4) is 0 Å². The fourth-order valence-corrected chi connectivity index (χ4v) is 5.00. The molecule has 1 aliphatic heterocycles. The van der Waals surface area contributed by atoms with E-state index in [9.17, 15) is 4.79 Å². The van der Waals surface area contributed by atoms with E-state index in [4.69, 9.17) is 33.9 Å². The zero-order chi connectivity index (χ0) is 19.3. The van der Waals surface area contributed by atoms with Crippen LogP contribution in [-0.4, -0.2) is 53.5 Å².